The number of hydrogen-bond donors (Lipinski definition) is 0. The van der Waals surface area contributed by atoms with Crippen molar-refractivity contribution in [1.82, 2.24) is 0 Å². The van der Waals surface area contributed by atoms with E-state index in [9.17, 15) is 15.4 Å². The monoisotopic (exact) mass is 731 g/mol. The smallest absolute Gasteiger partial charge is 0.269 e. The maximum atomic E-state index is 11.1. The molecule has 6 heteroatoms. The number of rotatable bonds is 35. The maximum Gasteiger partial charge on any atom is 0.269 e. The minimum atomic E-state index is -0.432. The Morgan fingerprint density at radius 2 is 0.943 bits per heavy atom. The highest BCUT2D eigenvalue weighted by molar-refractivity contribution is 5.90. The van der Waals surface area contributed by atoms with E-state index in [2.05, 4.69) is 19.9 Å². The molecule has 0 unspecified atom stereocenters. The van der Waals surface area contributed by atoms with Crippen LogP contribution in [0.4, 0.5) is 5.69 Å². The Hall–Kier alpha value is -3.33. The Balaban J connectivity index is 1.78. The van der Waals surface area contributed by atoms with Gasteiger partial charge in [-0.25, -0.2) is 0 Å². The van der Waals surface area contributed by atoms with E-state index in [1.807, 2.05) is 18.2 Å². The molecule has 0 aromatic heterocycles. The van der Waals surface area contributed by atoms with Crippen molar-refractivity contribution in [3.05, 3.63) is 63.7 Å². The summed E-state index contributed by atoms with van der Waals surface area (Å²) >= 11 is 0. The van der Waals surface area contributed by atoms with Gasteiger partial charge in [-0.2, -0.15) is 5.26 Å². The van der Waals surface area contributed by atoms with Crippen LogP contribution in [0.25, 0.3) is 11.6 Å². The predicted octanol–water partition coefficient (Wildman–Crippen LogP) is 15.4. The molecule has 0 aliphatic rings. The van der Waals surface area contributed by atoms with E-state index >= 15 is 0 Å². The summed E-state index contributed by atoms with van der Waals surface area (Å²) in [5.74, 6) is 1.45. The van der Waals surface area contributed by atoms with Crippen LogP contribution in [0.15, 0.2) is 42.5 Å². The zero-order valence-corrected chi connectivity index (χ0v) is 33.9. The predicted molar refractivity (Wildman–Crippen MR) is 225 cm³/mol. The number of nitro groups is 1. The minimum Gasteiger partial charge on any atom is -0.490 e. The molecule has 0 saturated carbocycles. The van der Waals surface area contributed by atoms with Crippen LogP contribution < -0.4 is 9.47 Å². The zero-order valence-electron chi connectivity index (χ0n) is 33.9. The van der Waals surface area contributed by atoms with Crippen molar-refractivity contribution in [2.75, 3.05) is 13.2 Å². The number of unbranched alkanes of at least 4 members (excludes halogenated alkanes) is 26. The lowest BCUT2D eigenvalue weighted by Crippen LogP contribution is -2.03. The molecule has 0 radical (unpaired) electrons. The zero-order chi connectivity index (χ0) is 38.0. The van der Waals surface area contributed by atoms with Gasteiger partial charge in [0, 0.05) is 12.1 Å². The van der Waals surface area contributed by atoms with Gasteiger partial charge >= 0.3 is 0 Å². The standard InChI is InChI=1S/C47H74N2O4/c1-3-5-7-9-11-13-15-17-19-21-23-25-27-29-37-52-46-36-31-42(39-44(41-48)43-32-34-45(35-33-43)49(50)51)40-47(46)53-38-30-28-26-24-22-20-18-16-14-12-10-8-6-4-2/h31-36,39-40H,3-30,37-38H2,1-2H3/b44-39+. The largest absolute Gasteiger partial charge is 0.490 e. The first-order valence-corrected chi connectivity index (χ1v) is 21.8. The van der Waals surface area contributed by atoms with Gasteiger partial charge in [0.25, 0.3) is 5.69 Å². The van der Waals surface area contributed by atoms with E-state index in [1.165, 1.54) is 173 Å². The molecule has 0 aliphatic heterocycles. The van der Waals surface area contributed by atoms with Gasteiger partial charge in [-0.15, -0.1) is 0 Å². The van der Waals surface area contributed by atoms with Crippen molar-refractivity contribution in [2.24, 2.45) is 0 Å². The molecule has 2 aromatic carbocycles. The van der Waals surface area contributed by atoms with Crippen LogP contribution in [-0.4, -0.2) is 18.1 Å². The lowest BCUT2D eigenvalue weighted by Gasteiger charge is -2.14. The van der Waals surface area contributed by atoms with E-state index in [0.717, 1.165) is 30.6 Å². The molecule has 0 amide bonds. The van der Waals surface area contributed by atoms with Gasteiger partial charge in [-0.3, -0.25) is 10.1 Å². The molecular weight excluding hydrogens is 657 g/mol. The fourth-order valence-electron chi connectivity index (χ4n) is 6.91. The fourth-order valence-corrected chi connectivity index (χ4v) is 6.91. The molecule has 6 nitrogen and oxygen atoms in total. The Morgan fingerprint density at radius 3 is 1.32 bits per heavy atom. The van der Waals surface area contributed by atoms with Gasteiger partial charge in [0.1, 0.15) is 0 Å². The van der Waals surface area contributed by atoms with Gasteiger partial charge in [0.15, 0.2) is 11.5 Å². The third-order valence-corrected chi connectivity index (χ3v) is 10.3. The number of non-ortho nitro benzene ring substituents is 1. The SMILES string of the molecule is CCCCCCCCCCCCCCCCOc1ccc(/C=C(\C#N)c2ccc([N+](=O)[O-])cc2)cc1OCCCCCCCCCCCCCCCC. The van der Waals surface area contributed by atoms with Gasteiger partial charge < -0.3 is 9.47 Å². The third kappa shape index (κ3) is 23.1. The molecule has 2 rings (SSSR count). The van der Waals surface area contributed by atoms with Crippen molar-refractivity contribution < 1.29 is 14.4 Å². The number of hydrogen-bond acceptors (Lipinski definition) is 5. The highest BCUT2D eigenvalue weighted by atomic mass is 16.6. The van der Waals surface area contributed by atoms with Gasteiger partial charge in [0.2, 0.25) is 0 Å². The third-order valence-electron chi connectivity index (χ3n) is 10.3. The second-order valence-corrected chi connectivity index (χ2v) is 15.1. The topological polar surface area (TPSA) is 85.4 Å². The lowest BCUT2D eigenvalue weighted by atomic mass is 10.0. The summed E-state index contributed by atoms with van der Waals surface area (Å²) in [6.45, 7) is 5.85. The summed E-state index contributed by atoms with van der Waals surface area (Å²) in [5.41, 5.74) is 1.92. The van der Waals surface area contributed by atoms with Crippen LogP contribution in [0, 0.1) is 21.4 Å². The number of benzene rings is 2. The van der Waals surface area contributed by atoms with Crippen LogP contribution in [0.5, 0.6) is 11.5 Å². The first-order valence-electron chi connectivity index (χ1n) is 21.8. The molecular formula is C47H74N2O4. The van der Waals surface area contributed by atoms with Crippen LogP contribution in [0.2, 0.25) is 0 Å². The first-order chi connectivity index (χ1) is 26.1. The number of nitrogens with zero attached hydrogens (tertiary/aromatic N) is 2. The summed E-state index contributed by atoms with van der Waals surface area (Å²) in [5, 5.41) is 21.0. The van der Waals surface area contributed by atoms with Crippen LogP contribution >= 0.6 is 0 Å². The number of nitriles is 1. The molecule has 296 valence electrons. The summed E-state index contributed by atoms with van der Waals surface area (Å²) in [4.78, 5) is 10.7. The van der Waals surface area contributed by atoms with E-state index in [-0.39, 0.29) is 5.69 Å². The summed E-state index contributed by atoms with van der Waals surface area (Å²) < 4.78 is 12.6. The molecule has 0 saturated heterocycles. The minimum absolute atomic E-state index is 0.00512. The van der Waals surface area contributed by atoms with Gasteiger partial charge in [-0.05, 0) is 54.3 Å². The van der Waals surface area contributed by atoms with Gasteiger partial charge in [-0.1, -0.05) is 187 Å². The molecule has 0 atom stereocenters. The molecule has 0 bridgehead atoms. The molecule has 2 aromatic rings. The Morgan fingerprint density at radius 1 is 0.566 bits per heavy atom. The van der Waals surface area contributed by atoms with Crippen molar-refractivity contribution in [1.29, 1.82) is 5.26 Å². The fraction of sp³-hybridized carbons (Fsp3) is 0.681. The highest BCUT2D eigenvalue weighted by Crippen LogP contribution is 2.31. The van der Waals surface area contributed by atoms with Crippen LogP contribution in [0.3, 0.4) is 0 Å². The maximum absolute atomic E-state index is 11.1. The summed E-state index contributed by atoms with van der Waals surface area (Å²) in [7, 11) is 0. The summed E-state index contributed by atoms with van der Waals surface area (Å²) in [6, 6.07) is 14.2. The van der Waals surface area contributed by atoms with Crippen molar-refractivity contribution in [3.8, 4) is 17.6 Å². The van der Waals surface area contributed by atoms with E-state index < -0.39 is 4.92 Å². The Labute approximate surface area is 324 Å². The summed E-state index contributed by atoms with van der Waals surface area (Å²) in [6.07, 6.45) is 38.9. The van der Waals surface area contributed by atoms with Crippen molar-refractivity contribution in [2.45, 2.75) is 194 Å². The molecule has 0 heterocycles. The average Bonchev–Trinajstić information content (AvgIpc) is 3.17. The molecule has 0 fully saturated rings. The van der Waals surface area contributed by atoms with Crippen LogP contribution in [0.1, 0.15) is 205 Å². The van der Waals surface area contributed by atoms with E-state index in [0.29, 0.717) is 30.1 Å². The average molecular weight is 731 g/mol. The van der Waals surface area contributed by atoms with Crippen LogP contribution in [-0.2, 0) is 0 Å². The number of nitro benzene ring substituents is 1. The molecule has 0 spiro atoms. The van der Waals surface area contributed by atoms with E-state index in [4.69, 9.17) is 9.47 Å². The van der Waals surface area contributed by atoms with Crippen molar-refractivity contribution >= 4 is 17.3 Å². The normalized spacial score (nSPS) is 11.5. The highest BCUT2D eigenvalue weighted by Gasteiger charge is 2.10. The number of ether oxygens (including phenoxy) is 2. The molecule has 53 heavy (non-hydrogen) atoms. The second kappa shape index (κ2) is 32.1. The molecule has 0 N–H and O–H groups in total. The quantitative estimate of drug-likeness (QED) is 0.0232. The lowest BCUT2D eigenvalue weighted by molar-refractivity contribution is -0.384. The second-order valence-electron chi connectivity index (χ2n) is 15.1. The van der Waals surface area contributed by atoms with Crippen molar-refractivity contribution in [3.63, 3.8) is 0 Å². The Kier molecular flexibility index (Phi) is 27.8. The number of allylic oxidation sites excluding steroid dienone is 1. The van der Waals surface area contributed by atoms with E-state index in [1.54, 1.807) is 18.2 Å². The Bertz CT molecular complexity index is 1270. The molecule has 0 aliphatic carbocycles. The van der Waals surface area contributed by atoms with Gasteiger partial charge in [0.05, 0.1) is 29.8 Å². The first kappa shape index (κ1) is 45.8.